The molecule has 0 spiro atoms. The Kier molecular flexibility index (Phi) is 2.54. The van der Waals surface area contributed by atoms with E-state index < -0.39 is 5.91 Å². The Labute approximate surface area is 74.1 Å². The highest BCUT2D eigenvalue weighted by Gasteiger charge is 2.11. The number of rotatable bonds is 3. The summed E-state index contributed by atoms with van der Waals surface area (Å²) in [7, 11) is 0. The molecule has 1 atom stereocenters. The quantitative estimate of drug-likeness (QED) is 0.708. The summed E-state index contributed by atoms with van der Waals surface area (Å²) in [4.78, 5) is 10.6. The lowest BCUT2D eigenvalue weighted by molar-refractivity contribution is 0.0999. The number of allylic oxidation sites excluding steroid dienone is 1. The van der Waals surface area contributed by atoms with E-state index in [1.54, 1.807) is 6.08 Å². The number of hydrogen-bond donors (Lipinski definition) is 1. The van der Waals surface area contributed by atoms with Gasteiger partial charge in [0.2, 0.25) is 5.01 Å². The molecule has 0 fully saturated rings. The number of nitrogens with two attached hydrogens (primary N) is 1. The molecule has 1 unspecified atom stereocenters. The van der Waals surface area contributed by atoms with Crippen molar-refractivity contribution in [3.63, 3.8) is 0 Å². The molecule has 0 saturated carbocycles. The van der Waals surface area contributed by atoms with Crippen LogP contribution in [0.3, 0.4) is 0 Å². The number of nitrogens with zero attached hydrogens (tertiary/aromatic N) is 2. The van der Waals surface area contributed by atoms with Crippen LogP contribution in [-0.2, 0) is 0 Å². The van der Waals surface area contributed by atoms with Crippen LogP contribution in [0.1, 0.15) is 27.7 Å². The van der Waals surface area contributed by atoms with Crippen LogP contribution in [0.2, 0.25) is 0 Å². The monoisotopic (exact) mass is 183 g/mol. The summed E-state index contributed by atoms with van der Waals surface area (Å²) in [5.74, 6) is -0.411. The van der Waals surface area contributed by atoms with Crippen LogP contribution >= 0.6 is 11.3 Å². The Hall–Kier alpha value is -1.23. The van der Waals surface area contributed by atoms with Crippen molar-refractivity contribution in [2.24, 2.45) is 5.73 Å². The molecule has 0 radical (unpaired) electrons. The molecule has 5 heteroatoms. The zero-order chi connectivity index (χ0) is 9.14. The van der Waals surface area contributed by atoms with Crippen LogP contribution in [0.25, 0.3) is 0 Å². The van der Waals surface area contributed by atoms with E-state index in [1.807, 2.05) is 6.92 Å². The van der Waals surface area contributed by atoms with E-state index in [9.17, 15) is 4.79 Å². The molecule has 1 amide bonds. The smallest absolute Gasteiger partial charge is 0.279 e. The van der Waals surface area contributed by atoms with Crippen molar-refractivity contribution in [1.29, 1.82) is 0 Å². The van der Waals surface area contributed by atoms with Gasteiger partial charge >= 0.3 is 0 Å². The zero-order valence-electron chi connectivity index (χ0n) is 6.65. The van der Waals surface area contributed by atoms with Crippen molar-refractivity contribution in [3.05, 3.63) is 22.7 Å². The molecule has 0 aliphatic heterocycles. The van der Waals surface area contributed by atoms with Gasteiger partial charge in [-0.25, -0.2) is 0 Å². The number of hydrogen-bond acceptors (Lipinski definition) is 4. The lowest BCUT2D eigenvalue weighted by Crippen LogP contribution is -2.10. The second kappa shape index (κ2) is 3.44. The summed E-state index contributed by atoms with van der Waals surface area (Å²) in [6.45, 7) is 5.54. The molecule has 0 saturated heterocycles. The third kappa shape index (κ3) is 1.68. The van der Waals surface area contributed by atoms with E-state index in [0.29, 0.717) is 0 Å². The van der Waals surface area contributed by atoms with Gasteiger partial charge in [-0.05, 0) is 0 Å². The minimum atomic E-state index is -0.532. The van der Waals surface area contributed by atoms with Crippen molar-refractivity contribution >= 4 is 17.2 Å². The lowest BCUT2D eigenvalue weighted by atomic mass is 10.2. The molecule has 1 aromatic rings. The molecule has 64 valence electrons. The molecule has 0 aliphatic rings. The van der Waals surface area contributed by atoms with Gasteiger partial charge in [-0.1, -0.05) is 24.3 Å². The summed E-state index contributed by atoms with van der Waals surface area (Å²) in [5, 5.41) is 8.45. The number of primary amides is 1. The van der Waals surface area contributed by atoms with Crippen LogP contribution in [-0.4, -0.2) is 16.1 Å². The van der Waals surface area contributed by atoms with Crippen molar-refractivity contribution < 1.29 is 4.79 Å². The van der Waals surface area contributed by atoms with Crippen molar-refractivity contribution in [2.45, 2.75) is 12.8 Å². The molecule has 0 aliphatic carbocycles. The minimum Gasteiger partial charge on any atom is -0.363 e. The van der Waals surface area contributed by atoms with Gasteiger partial charge in [-0.2, -0.15) is 0 Å². The highest BCUT2D eigenvalue weighted by Crippen LogP contribution is 2.19. The standard InChI is InChI=1S/C7H9N3OS/c1-3-4(2)6-9-10-7(12-6)5(8)11/h3-4H,1H2,2H3,(H2,8,11). The molecular weight excluding hydrogens is 174 g/mol. The number of carbonyl (C=O) groups excluding carboxylic acids is 1. The van der Waals surface area contributed by atoms with E-state index in [1.165, 1.54) is 11.3 Å². The predicted molar refractivity (Wildman–Crippen MR) is 47.0 cm³/mol. The number of carbonyl (C=O) groups is 1. The van der Waals surface area contributed by atoms with Gasteiger partial charge in [-0.15, -0.1) is 16.8 Å². The van der Waals surface area contributed by atoms with Gasteiger partial charge in [-0.3, -0.25) is 4.79 Å². The van der Waals surface area contributed by atoms with E-state index in [0.717, 1.165) is 5.01 Å². The highest BCUT2D eigenvalue weighted by molar-refractivity contribution is 7.13. The average Bonchev–Trinajstić information content (AvgIpc) is 2.51. The van der Waals surface area contributed by atoms with Gasteiger partial charge < -0.3 is 5.73 Å². The topological polar surface area (TPSA) is 68.9 Å². The first-order valence-electron chi connectivity index (χ1n) is 3.41. The number of aromatic nitrogens is 2. The molecule has 0 aromatic carbocycles. The Morgan fingerprint density at radius 1 is 1.75 bits per heavy atom. The van der Waals surface area contributed by atoms with Crippen molar-refractivity contribution in [2.75, 3.05) is 0 Å². The normalized spacial score (nSPS) is 12.4. The fourth-order valence-electron chi connectivity index (χ4n) is 0.619. The minimum absolute atomic E-state index is 0.121. The van der Waals surface area contributed by atoms with Gasteiger partial charge in [0.15, 0.2) is 0 Å². The molecule has 0 bridgehead atoms. The third-order valence-corrected chi connectivity index (χ3v) is 2.53. The third-order valence-electron chi connectivity index (χ3n) is 1.39. The fourth-order valence-corrected chi connectivity index (χ4v) is 1.36. The summed E-state index contributed by atoms with van der Waals surface area (Å²) in [5.41, 5.74) is 5.01. The first kappa shape index (κ1) is 8.86. The summed E-state index contributed by atoms with van der Waals surface area (Å²) in [6, 6.07) is 0. The average molecular weight is 183 g/mol. The Balaban J connectivity index is 2.91. The largest absolute Gasteiger partial charge is 0.363 e. The maximum atomic E-state index is 10.6. The Morgan fingerprint density at radius 3 is 2.83 bits per heavy atom. The Bertz CT molecular complexity index is 307. The first-order chi connectivity index (χ1) is 5.65. The van der Waals surface area contributed by atoms with Crippen molar-refractivity contribution in [3.8, 4) is 0 Å². The highest BCUT2D eigenvalue weighted by atomic mass is 32.1. The summed E-state index contributed by atoms with van der Waals surface area (Å²) in [6.07, 6.45) is 1.74. The van der Waals surface area contributed by atoms with Gasteiger partial charge in [0.25, 0.3) is 5.91 Å². The Morgan fingerprint density at radius 2 is 2.42 bits per heavy atom. The molecular formula is C7H9N3OS. The summed E-state index contributed by atoms with van der Waals surface area (Å²) < 4.78 is 0. The predicted octanol–water partition coefficient (Wildman–Crippen LogP) is 0.927. The van der Waals surface area contributed by atoms with Crippen LogP contribution in [0, 0.1) is 0 Å². The maximum Gasteiger partial charge on any atom is 0.279 e. The van der Waals surface area contributed by atoms with E-state index >= 15 is 0 Å². The molecule has 1 aromatic heterocycles. The van der Waals surface area contributed by atoms with Gasteiger partial charge in [0.05, 0.1) is 0 Å². The second-order valence-electron chi connectivity index (χ2n) is 2.33. The van der Waals surface area contributed by atoms with Crippen molar-refractivity contribution in [1.82, 2.24) is 10.2 Å². The zero-order valence-corrected chi connectivity index (χ0v) is 7.47. The van der Waals surface area contributed by atoms with Crippen LogP contribution < -0.4 is 5.73 Å². The lowest BCUT2D eigenvalue weighted by Gasteiger charge is -1.95. The van der Waals surface area contributed by atoms with Crippen LogP contribution in [0.5, 0.6) is 0 Å². The molecule has 4 nitrogen and oxygen atoms in total. The van der Waals surface area contributed by atoms with E-state index in [-0.39, 0.29) is 10.9 Å². The molecule has 1 rings (SSSR count). The van der Waals surface area contributed by atoms with Crippen LogP contribution in [0.15, 0.2) is 12.7 Å². The maximum absolute atomic E-state index is 10.6. The number of amides is 1. The molecule has 2 N–H and O–H groups in total. The van der Waals surface area contributed by atoms with Crippen LogP contribution in [0.4, 0.5) is 0 Å². The molecule has 1 heterocycles. The molecule has 12 heavy (non-hydrogen) atoms. The van der Waals surface area contributed by atoms with E-state index in [4.69, 9.17) is 5.73 Å². The van der Waals surface area contributed by atoms with Gasteiger partial charge in [0.1, 0.15) is 5.01 Å². The first-order valence-corrected chi connectivity index (χ1v) is 4.22. The van der Waals surface area contributed by atoms with E-state index in [2.05, 4.69) is 16.8 Å². The fraction of sp³-hybridized carbons (Fsp3) is 0.286. The summed E-state index contributed by atoms with van der Waals surface area (Å²) >= 11 is 1.21. The SMILES string of the molecule is C=CC(C)c1nnc(C(N)=O)s1. The van der Waals surface area contributed by atoms with Gasteiger partial charge in [0, 0.05) is 5.92 Å². The second-order valence-corrected chi connectivity index (χ2v) is 3.34.